The van der Waals surface area contributed by atoms with Gasteiger partial charge in [-0.05, 0) is 28.1 Å². The molecule has 2 nitrogen and oxygen atoms in total. The third-order valence-electron chi connectivity index (χ3n) is 1.58. The molecule has 0 fully saturated rings. The summed E-state index contributed by atoms with van der Waals surface area (Å²) in [5.41, 5.74) is 2.11. The molecule has 0 saturated heterocycles. The first-order valence-corrected chi connectivity index (χ1v) is 4.30. The van der Waals surface area contributed by atoms with Gasteiger partial charge in [-0.25, -0.2) is 4.98 Å². The summed E-state index contributed by atoms with van der Waals surface area (Å²) in [6, 6.07) is 5.80. The predicted molar refractivity (Wildman–Crippen MR) is 49.6 cm³/mol. The lowest BCUT2D eigenvalue weighted by molar-refractivity contribution is 0.568. The third-order valence-corrected chi connectivity index (χ3v) is 2.05. The average molecular weight is 224 g/mol. The van der Waals surface area contributed by atoms with Crippen molar-refractivity contribution in [3.05, 3.63) is 41.5 Å². The molecule has 0 unspecified atom stereocenters. The molecule has 2 aromatic rings. The van der Waals surface area contributed by atoms with Crippen LogP contribution >= 0.6 is 15.9 Å². The van der Waals surface area contributed by atoms with Crippen LogP contribution in [0.1, 0.15) is 0 Å². The fourth-order valence-corrected chi connectivity index (χ4v) is 1.21. The molecule has 0 aromatic carbocycles. The monoisotopic (exact) mass is 223 g/mol. The van der Waals surface area contributed by atoms with E-state index in [1.54, 1.807) is 18.7 Å². The molecule has 0 atom stereocenters. The Bertz CT molecular complexity index is 353. The van der Waals surface area contributed by atoms with Crippen LogP contribution in [-0.2, 0) is 0 Å². The molecular weight excluding hydrogens is 218 g/mol. The van der Waals surface area contributed by atoms with Crippen LogP contribution in [0.4, 0.5) is 0 Å². The molecule has 0 radical (unpaired) electrons. The quantitative estimate of drug-likeness (QED) is 0.695. The fourth-order valence-electron chi connectivity index (χ4n) is 0.975. The maximum absolute atomic E-state index is 4.96. The molecule has 12 heavy (non-hydrogen) atoms. The smallest absolute Gasteiger partial charge is 0.106 e. The van der Waals surface area contributed by atoms with Crippen molar-refractivity contribution in [3.63, 3.8) is 0 Å². The SMILES string of the molecule is Brc1ccc(-c2ccoc2)cn1. The Balaban J connectivity index is 2.43. The van der Waals surface area contributed by atoms with Crippen molar-refractivity contribution in [1.82, 2.24) is 4.98 Å². The zero-order chi connectivity index (χ0) is 8.39. The minimum atomic E-state index is 0.842. The molecule has 2 heterocycles. The van der Waals surface area contributed by atoms with Gasteiger partial charge in [-0.2, -0.15) is 0 Å². The van der Waals surface area contributed by atoms with Crippen molar-refractivity contribution in [3.8, 4) is 11.1 Å². The minimum absolute atomic E-state index is 0.842. The van der Waals surface area contributed by atoms with Gasteiger partial charge in [0, 0.05) is 17.3 Å². The van der Waals surface area contributed by atoms with Crippen molar-refractivity contribution in [2.75, 3.05) is 0 Å². The molecule has 0 saturated carbocycles. The standard InChI is InChI=1S/C9H6BrNO/c10-9-2-1-7(5-11-9)8-3-4-12-6-8/h1-6H. The van der Waals surface area contributed by atoms with Crippen molar-refractivity contribution in [1.29, 1.82) is 0 Å². The first kappa shape index (κ1) is 7.55. The summed E-state index contributed by atoms with van der Waals surface area (Å²) >= 11 is 3.27. The number of hydrogen-bond acceptors (Lipinski definition) is 2. The summed E-state index contributed by atoms with van der Waals surface area (Å²) in [5, 5.41) is 0. The van der Waals surface area contributed by atoms with Gasteiger partial charge in [0.25, 0.3) is 0 Å². The Morgan fingerprint density at radius 1 is 1.17 bits per heavy atom. The highest BCUT2D eigenvalue weighted by Gasteiger charge is 1.97. The number of furan rings is 1. The average Bonchev–Trinajstić information content (AvgIpc) is 2.58. The van der Waals surface area contributed by atoms with Crippen LogP contribution in [0, 0.1) is 0 Å². The first-order valence-electron chi connectivity index (χ1n) is 3.50. The summed E-state index contributed by atoms with van der Waals surface area (Å²) in [5.74, 6) is 0. The lowest BCUT2D eigenvalue weighted by Crippen LogP contribution is -1.76. The van der Waals surface area contributed by atoms with Gasteiger partial charge in [0.15, 0.2) is 0 Å². The van der Waals surface area contributed by atoms with Crippen molar-refractivity contribution in [2.45, 2.75) is 0 Å². The molecule has 0 aliphatic rings. The van der Waals surface area contributed by atoms with E-state index < -0.39 is 0 Å². The third kappa shape index (κ3) is 1.41. The number of rotatable bonds is 1. The van der Waals surface area contributed by atoms with Gasteiger partial charge in [0.2, 0.25) is 0 Å². The van der Waals surface area contributed by atoms with E-state index in [4.69, 9.17) is 4.42 Å². The zero-order valence-electron chi connectivity index (χ0n) is 6.20. The van der Waals surface area contributed by atoms with Gasteiger partial charge in [-0.3, -0.25) is 0 Å². The second-order valence-electron chi connectivity index (χ2n) is 2.38. The maximum atomic E-state index is 4.96. The van der Waals surface area contributed by atoms with Crippen LogP contribution in [0.3, 0.4) is 0 Å². The molecule has 0 spiro atoms. The molecule has 0 N–H and O–H groups in total. The van der Waals surface area contributed by atoms with Crippen LogP contribution < -0.4 is 0 Å². The van der Waals surface area contributed by atoms with E-state index >= 15 is 0 Å². The van der Waals surface area contributed by atoms with E-state index in [2.05, 4.69) is 20.9 Å². The molecule has 0 aliphatic heterocycles. The summed E-state index contributed by atoms with van der Waals surface area (Å²) in [4.78, 5) is 4.11. The van der Waals surface area contributed by atoms with Crippen LogP contribution in [0.5, 0.6) is 0 Å². The van der Waals surface area contributed by atoms with Crippen molar-refractivity contribution in [2.24, 2.45) is 0 Å². The second kappa shape index (κ2) is 3.11. The Morgan fingerprint density at radius 2 is 2.08 bits per heavy atom. The van der Waals surface area contributed by atoms with Gasteiger partial charge in [0.1, 0.15) is 4.60 Å². The molecule has 0 amide bonds. The highest BCUT2D eigenvalue weighted by Crippen LogP contribution is 2.19. The maximum Gasteiger partial charge on any atom is 0.106 e. The van der Waals surface area contributed by atoms with E-state index in [9.17, 15) is 0 Å². The lowest BCUT2D eigenvalue weighted by atomic mass is 10.2. The number of nitrogens with zero attached hydrogens (tertiary/aromatic N) is 1. The van der Waals surface area contributed by atoms with E-state index in [1.165, 1.54) is 0 Å². The van der Waals surface area contributed by atoms with E-state index in [1.807, 2.05) is 18.2 Å². The predicted octanol–water partition coefficient (Wildman–Crippen LogP) is 3.10. The highest BCUT2D eigenvalue weighted by molar-refractivity contribution is 9.10. The van der Waals surface area contributed by atoms with Crippen LogP contribution in [-0.4, -0.2) is 4.98 Å². The van der Waals surface area contributed by atoms with Gasteiger partial charge in [-0.1, -0.05) is 6.07 Å². The number of halogens is 1. The number of hydrogen-bond donors (Lipinski definition) is 0. The molecular formula is C9H6BrNO. The Labute approximate surface area is 78.4 Å². The normalized spacial score (nSPS) is 10.1. The topological polar surface area (TPSA) is 26.0 Å². The van der Waals surface area contributed by atoms with Crippen LogP contribution in [0.2, 0.25) is 0 Å². The van der Waals surface area contributed by atoms with Gasteiger partial charge in [0.05, 0.1) is 12.5 Å². The van der Waals surface area contributed by atoms with E-state index in [-0.39, 0.29) is 0 Å². The zero-order valence-corrected chi connectivity index (χ0v) is 7.78. The first-order chi connectivity index (χ1) is 5.86. The van der Waals surface area contributed by atoms with Crippen molar-refractivity contribution >= 4 is 15.9 Å². The lowest BCUT2D eigenvalue weighted by Gasteiger charge is -1.94. The molecule has 3 heteroatoms. The fraction of sp³-hybridized carbons (Fsp3) is 0. The van der Waals surface area contributed by atoms with Gasteiger partial charge >= 0.3 is 0 Å². The van der Waals surface area contributed by atoms with Crippen LogP contribution in [0.15, 0.2) is 45.9 Å². The summed E-state index contributed by atoms with van der Waals surface area (Å²) in [6.45, 7) is 0. The van der Waals surface area contributed by atoms with E-state index in [0.29, 0.717) is 0 Å². The summed E-state index contributed by atoms with van der Waals surface area (Å²) in [6.07, 6.45) is 5.15. The Hall–Kier alpha value is -1.09. The summed E-state index contributed by atoms with van der Waals surface area (Å²) in [7, 11) is 0. The Kier molecular flexibility index (Phi) is 1.96. The van der Waals surface area contributed by atoms with Crippen molar-refractivity contribution < 1.29 is 4.42 Å². The second-order valence-corrected chi connectivity index (χ2v) is 3.19. The number of aromatic nitrogens is 1. The molecule has 2 aromatic heterocycles. The van der Waals surface area contributed by atoms with Crippen LogP contribution in [0.25, 0.3) is 11.1 Å². The minimum Gasteiger partial charge on any atom is -0.472 e. The molecule has 0 bridgehead atoms. The summed E-state index contributed by atoms with van der Waals surface area (Å²) < 4.78 is 5.80. The highest BCUT2D eigenvalue weighted by atomic mass is 79.9. The van der Waals surface area contributed by atoms with Gasteiger partial charge in [-0.15, -0.1) is 0 Å². The largest absolute Gasteiger partial charge is 0.472 e. The molecule has 60 valence electrons. The van der Waals surface area contributed by atoms with Gasteiger partial charge < -0.3 is 4.42 Å². The van der Waals surface area contributed by atoms with E-state index in [0.717, 1.165) is 15.7 Å². The Morgan fingerprint density at radius 3 is 2.67 bits per heavy atom. The number of pyridine rings is 1. The molecule has 0 aliphatic carbocycles. The molecule has 2 rings (SSSR count).